The monoisotopic (exact) mass is 542 g/mol. The average molecular weight is 543 g/mol. The third-order valence-electron chi connectivity index (χ3n) is 6.39. The molecule has 0 saturated heterocycles. The van der Waals surface area contributed by atoms with Crippen LogP contribution in [0, 0.1) is 0 Å². The summed E-state index contributed by atoms with van der Waals surface area (Å²) in [5.74, 6) is -0.286. The van der Waals surface area contributed by atoms with Crippen molar-refractivity contribution in [1.82, 2.24) is 9.62 Å². The van der Waals surface area contributed by atoms with E-state index in [1.165, 1.54) is 0 Å². The number of carbonyl (C=O) groups excluding carboxylic acids is 1. The quantitative estimate of drug-likeness (QED) is 0.388. The lowest BCUT2D eigenvalue weighted by molar-refractivity contribution is -0.136. The fourth-order valence-electron chi connectivity index (χ4n) is 4.24. The van der Waals surface area contributed by atoms with Crippen LogP contribution in [0.4, 0.5) is 0 Å². The van der Waals surface area contributed by atoms with Gasteiger partial charge in [0.25, 0.3) is 5.91 Å². The molecule has 1 saturated carbocycles. The summed E-state index contributed by atoms with van der Waals surface area (Å²) in [5, 5.41) is 9.73. The highest BCUT2D eigenvalue weighted by Crippen LogP contribution is 2.51. The van der Waals surface area contributed by atoms with Crippen LogP contribution in [0.1, 0.15) is 39.9 Å². The van der Waals surface area contributed by atoms with Gasteiger partial charge in [0.05, 0.1) is 18.2 Å². The molecule has 8 nitrogen and oxygen atoms in total. The largest absolute Gasteiger partial charge is 0.481 e. The van der Waals surface area contributed by atoms with Gasteiger partial charge in [-0.15, -0.1) is 0 Å². The molecule has 1 aliphatic carbocycles. The summed E-state index contributed by atoms with van der Waals surface area (Å²) in [7, 11) is -1.67. The molecule has 0 aliphatic heterocycles. The number of nitrogens with one attached hydrogen (secondary N) is 1. The van der Waals surface area contributed by atoms with Crippen molar-refractivity contribution in [3.63, 3.8) is 0 Å². The van der Waals surface area contributed by atoms with E-state index in [4.69, 9.17) is 21.4 Å². The number of carboxylic acids is 1. The number of sulfonamides is 1. The van der Waals surface area contributed by atoms with Crippen molar-refractivity contribution < 1.29 is 27.9 Å². The molecule has 0 heterocycles. The minimum Gasteiger partial charge on any atom is -0.481 e. The number of amides is 1. The Morgan fingerprint density at radius 2 is 1.70 bits per heavy atom. The zero-order valence-electron chi connectivity index (χ0n) is 20.4. The molecule has 3 aromatic rings. The Morgan fingerprint density at radius 1 is 1.05 bits per heavy atom. The number of carbonyl (C=O) groups is 2. The molecule has 1 fully saturated rings. The fourth-order valence-corrected chi connectivity index (χ4v) is 4.78. The van der Waals surface area contributed by atoms with E-state index in [0.29, 0.717) is 33.2 Å². The predicted octanol–water partition coefficient (Wildman–Crippen LogP) is 4.57. The highest BCUT2D eigenvalue weighted by Gasteiger charge is 2.49. The Kier molecular flexibility index (Phi) is 7.59. The highest BCUT2D eigenvalue weighted by atomic mass is 35.5. The Morgan fingerprint density at radius 3 is 2.27 bits per heavy atom. The smallest absolute Gasteiger partial charge is 0.307 e. The molecule has 0 aromatic heterocycles. The van der Waals surface area contributed by atoms with E-state index >= 15 is 0 Å². The van der Waals surface area contributed by atoms with Crippen LogP contribution in [0.5, 0.6) is 11.5 Å². The van der Waals surface area contributed by atoms with E-state index < -0.39 is 16.0 Å². The van der Waals surface area contributed by atoms with Crippen molar-refractivity contribution in [2.75, 3.05) is 13.3 Å². The molecule has 0 unspecified atom stereocenters. The average Bonchev–Trinajstić information content (AvgIpc) is 3.65. The molecule has 1 amide bonds. The van der Waals surface area contributed by atoms with Gasteiger partial charge in [-0.3, -0.25) is 9.59 Å². The van der Waals surface area contributed by atoms with Crippen molar-refractivity contribution >= 4 is 33.5 Å². The van der Waals surface area contributed by atoms with E-state index in [2.05, 4.69) is 4.72 Å². The lowest BCUT2D eigenvalue weighted by Gasteiger charge is -2.29. The topological polar surface area (TPSA) is 113 Å². The second-order valence-corrected chi connectivity index (χ2v) is 11.4. The van der Waals surface area contributed by atoms with Crippen molar-refractivity contribution in [3.8, 4) is 11.5 Å². The van der Waals surface area contributed by atoms with Gasteiger partial charge in [0.1, 0.15) is 11.5 Å². The molecule has 0 bridgehead atoms. The number of ether oxygens (including phenoxy) is 1. The molecular weight excluding hydrogens is 516 g/mol. The van der Waals surface area contributed by atoms with Crippen LogP contribution in [0.25, 0.3) is 0 Å². The molecule has 194 valence electrons. The SMILES string of the molecule is CN(C(=O)c1ccc(Oc2ccc(CC(=O)O)cc2CNS(C)(=O)=O)cc1)C1(c2ccc(Cl)cc2)CC1. The molecule has 4 rings (SSSR count). The van der Waals surface area contributed by atoms with Gasteiger partial charge in [-0.25, -0.2) is 13.1 Å². The lowest BCUT2D eigenvalue weighted by Crippen LogP contribution is -2.37. The molecular formula is C27H27ClN2O6S. The summed E-state index contributed by atoms with van der Waals surface area (Å²) in [6.07, 6.45) is 2.59. The highest BCUT2D eigenvalue weighted by molar-refractivity contribution is 7.88. The summed E-state index contributed by atoms with van der Waals surface area (Å²) in [6, 6.07) is 19.1. The first-order chi connectivity index (χ1) is 17.5. The minimum atomic E-state index is -3.47. The normalized spacial score (nSPS) is 14.1. The van der Waals surface area contributed by atoms with Crippen LogP contribution in [-0.2, 0) is 33.3 Å². The fraction of sp³-hybridized carbons (Fsp3) is 0.259. The van der Waals surface area contributed by atoms with E-state index in [1.54, 1.807) is 54.4 Å². The number of carboxylic acid groups (broad SMARTS) is 1. The van der Waals surface area contributed by atoms with Gasteiger partial charge >= 0.3 is 5.97 Å². The van der Waals surface area contributed by atoms with Crippen LogP contribution < -0.4 is 9.46 Å². The maximum atomic E-state index is 13.2. The third kappa shape index (κ3) is 6.49. The molecule has 3 aromatic carbocycles. The Balaban J connectivity index is 1.50. The predicted molar refractivity (Wildman–Crippen MR) is 140 cm³/mol. The van der Waals surface area contributed by atoms with E-state index in [9.17, 15) is 18.0 Å². The number of benzene rings is 3. The Bertz CT molecular complexity index is 1420. The number of hydrogen-bond donors (Lipinski definition) is 2. The molecule has 1 aliphatic rings. The number of rotatable bonds is 10. The Labute approximate surface area is 220 Å². The standard InChI is InChI=1S/C27H27ClN2O6S/c1-30(27(13-14-27)21-6-8-22(28)9-7-21)26(33)19-4-10-23(11-5-19)36-24-12-3-18(16-25(31)32)15-20(24)17-29-37(2,34)35/h3-12,15,29H,13-14,16-17H2,1-2H3,(H,31,32). The third-order valence-corrected chi connectivity index (χ3v) is 7.31. The first-order valence-electron chi connectivity index (χ1n) is 11.6. The van der Waals surface area contributed by atoms with E-state index in [1.807, 2.05) is 24.3 Å². The number of nitrogens with zero attached hydrogens (tertiary/aromatic N) is 1. The van der Waals surface area contributed by atoms with E-state index in [-0.39, 0.29) is 24.4 Å². The minimum absolute atomic E-state index is 0.0598. The molecule has 10 heteroatoms. The van der Waals surface area contributed by atoms with Crippen LogP contribution in [0.3, 0.4) is 0 Å². The molecule has 0 spiro atoms. The number of aliphatic carboxylic acids is 1. The summed E-state index contributed by atoms with van der Waals surface area (Å²) in [6.45, 7) is -0.0598. The summed E-state index contributed by atoms with van der Waals surface area (Å²) in [5.41, 5.74) is 2.22. The summed E-state index contributed by atoms with van der Waals surface area (Å²) in [4.78, 5) is 26.1. The van der Waals surface area contributed by atoms with Crippen LogP contribution in [-0.4, -0.2) is 43.6 Å². The number of hydrogen-bond acceptors (Lipinski definition) is 5. The van der Waals surface area contributed by atoms with Crippen LogP contribution in [0.15, 0.2) is 66.7 Å². The molecule has 2 N–H and O–H groups in total. The van der Waals surface area contributed by atoms with Gasteiger partial charge in [0, 0.05) is 29.7 Å². The Hall–Kier alpha value is -3.40. The first kappa shape index (κ1) is 26.7. The van der Waals surface area contributed by atoms with Gasteiger partial charge < -0.3 is 14.7 Å². The molecule has 37 heavy (non-hydrogen) atoms. The summed E-state index contributed by atoms with van der Waals surface area (Å²) < 4.78 is 31.5. The molecule has 0 atom stereocenters. The zero-order valence-corrected chi connectivity index (χ0v) is 22.0. The second-order valence-electron chi connectivity index (χ2n) is 9.13. The van der Waals surface area contributed by atoms with Crippen molar-refractivity contribution in [2.24, 2.45) is 0 Å². The van der Waals surface area contributed by atoms with Gasteiger partial charge in [0.15, 0.2) is 0 Å². The van der Waals surface area contributed by atoms with Gasteiger partial charge in [0.2, 0.25) is 10.0 Å². The van der Waals surface area contributed by atoms with Crippen molar-refractivity contribution in [2.45, 2.75) is 31.3 Å². The van der Waals surface area contributed by atoms with E-state index in [0.717, 1.165) is 24.7 Å². The van der Waals surface area contributed by atoms with Crippen LogP contribution >= 0.6 is 11.6 Å². The number of halogens is 1. The van der Waals surface area contributed by atoms with Crippen LogP contribution in [0.2, 0.25) is 5.02 Å². The maximum absolute atomic E-state index is 13.2. The lowest BCUT2D eigenvalue weighted by atomic mass is 10.0. The van der Waals surface area contributed by atoms with Crippen molar-refractivity contribution in [1.29, 1.82) is 0 Å². The van der Waals surface area contributed by atoms with Gasteiger partial charge in [-0.1, -0.05) is 35.9 Å². The van der Waals surface area contributed by atoms with Gasteiger partial charge in [-0.2, -0.15) is 0 Å². The second kappa shape index (κ2) is 10.5. The first-order valence-corrected chi connectivity index (χ1v) is 13.8. The molecule has 0 radical (unpaired) electrons. The van der Waals surface area contributed by atoms with Crippen molar-refractivity contribution in [3.05, 3.63) is 94.0 Å². The zero-order chi connectivity index (χ0) is 26.8. The summed E-state index contributed by atoms with van der Waals surface area (Å²) >= 11 is 6.02. The van der Waals surface area contributed by atoms with Gasteiger partial charge in [-0.05, 0) is 66.4 Å². The maximum Gasteiger partial charge on any atom is 0.307 e.